The highest BCUT2D eigenvalue weighted by Crippen LogP contribution is 2.25. The van der Waals surface area contributed by atoms with Crippen LogP contribution in [0.15, 0.2) is 57.9 Å². The molecule has 2 aromatic rings. The second-order valence-electron chi connectivity index (χ2n) is 3.65. The zero-order valence-corrected chi connectivity index (χ0v) is 12.0. The SMILES string of the molecule is O=C(Sc1ccc(Br)cc1)c1ccc([N+](=O)[O-])cc1. The van der Waals surface area contributed by atoms with E-state index >= 15 is 0 Å². The normalized spacial score (nSPS) is 10.2. The van der Waals surface area contributed by atoms with E-state index in [0.717, 1.165) is 21.1 Å². The highest BCUT2D eigenvalue weighted by atomic mass is 79.9. The Morgan fingerprint density at radius 2 is 1.63 bits per heavy atom. The van der Waals surface area contributed by atoms with E-state index in [4.69, 9.17) is 0 Å². The maximum atomic E-state index is 12.0. The van der Waals surface area contributed by atoms with Gasteiger partial charge in [0.15, 0.2) is 0 Å². The number of benzene rings is 2. The molecule has 0 unspecified atom stereocenters. The van der Waals surface area contributed by atoms with E-state index in [1.165, 1.54) is 24.3 Å². The van der Waals surface area contributed by atoms with Gasteiger partial charge in [0, 0.05) is 27.1 Å². The van der Waals surface area contributed by atoms with Gasteiger partial charge in [-0.05, 0) is 48.2 Å². The molecule has 0 aliphatic rings. The second-order valence-corrected chi connectivity index (χ2v) is 5.61. The summed E-state index contributed by atoms with van der Waals surface area (Å²) >= 11 is 4.41. The van der Waals surface area contributed by atoms with Crippen molar-refractivity contribution in [1.29, 1.82) is 0 Å². The van der Waals surface area contributed by atoms with Crippen LogP contribution in [0.4, 0.5) is 5.69 Å². The Morgan fingerprint density at radius 3 is 2.16 bits per heavy atom. The van der Waals surface area contributed by atoms with E-state index in [9.17, 15) is 14.9 Å². The van der Waals surface area contributed by atoms with E-state index in [2.05, 4.69) is 15.9 Å². The number of rotatable bonds is 3. The minimum absolute atomic E-state index is 0.0230. The molecule has 0 heterocycles. The Balaban J connectivity index is 2.11. The molecule has 0 aliphatic heterocycles. The molecule has 19 heavy (non-hydrogen) atoms. The van der Waals surface area contributed by atoms with Crippen LogP contribution >= 0.6 is 27.7 Å². The monoisotopic (exact) mass is 337 g/mol. The van der Waals surface area contributed by atoms with E-state index < -0.39 is 4.92 Å². The van der Waals surface area contributed by atoms with Gasteiger partial charge >= 0.3 is 0 Å². The first-order valence-electron chi connectivity index (χ1n) is 5.28. The third-order valence-corrected chi connectivity index (χ3v) is 3.80. The molecule has 0 amide bonds. The van der Waals surface area contributed by atoms with Crippen molar-refractivity contribution in [2.24, 2.45) is 0 Å². The molecule has 0 radical (unpaired) electrons. The quantitative estimate of drug-likeness (QED) is 0.476. The van der Waals surface area contributed by atoms with Gasteiger partial charge in [-0.3, -0.25) is 14.9 Å². The van der Waals surface area contributed by atoms with Crippen molar-refractivity contribution in [1.82, 2.24) is 0 Å². The molecule has 0 fully saturated rings. The van der Waals surface area contributed by atoms with Gasteiger partial charge in [0.25, 0.3) is 5.69 Å². The standard InChI is InChI=1S/C13H8BrNO3S/c14-10-3-7-12(8-4-10)19-13(16)9-1-5-11(6-2-9)15(17)18/h1-8H. The topological polar surface area (TPSA) is 60.2 Å². The summed E-state index contributed by atoms with van der Waals surface area (Å²) in [6, 6.07) is 13.0. The van der Waals surface area contributed by atoms with E-state index in [1.807, 2.05) is 24.3 Å². The van der Waals surface area contributed by atoms with Crippen molar-refractivity contribution in [2.45, 2.75) is 4.90 Å². The highest BCUT2D eigenvalue weighted by Gasteiger charge is 2.10. The number of hydrogen-bond acceptors (Lipinski definition) is 4. The fourth-order valence-electron chi connectivity index (χ4n) is 1.39. The van der Waals surface area contributed by atoms with Crippen LogP contribution in [-0.4, -0.2) is 10.0 Å². The van der Waals surface area contributed by atoms with E-state index in [-0.39, 0.29) is 10.8 Å². The van der Waals surface area contributed by atoms with Crippen molar-refractivity contribution >= 4 is 38.5 Å². The maximum Gasteiger partial charge on any atom is 0.269 e. The molecule has 0 saturated carbocycles. The van der Waals surface area contributed by atoms with Crippen LogP contribution in [0.5, 0.6) is 0 Å². The van der Waals surface area contributed by atoms with Crippen LogP contribution in [0.2, 0.25) is 0 Å². The number of carbonyl (C=O) groups is 1. The van der Waals surface area contributed by atoms with Crippen LogP contribution in [0.3, 0.4) is 0 Å². The molecular formula is C13H8BrNO3S. The number of nitro benzene ring substituents is 1. The van der Waals surface area contributed by atoms with Gasteiger partial charge in [0.05, 0.1) is 4.92 Å². The molecular weight excluding hydrogens is 330 g/mol. The Morgan fingerprint density at radius 1 is 1.05 bits per heavy atom. The summed E-state index contributed by atoms with van der Waals surface area (Å²) in [5, 5.41) is 10.4. The average Bonchev–Trinajstić information content (AvgIpc) is 2.41. The first-order chi connectivity index (χ1) is 9.06. The predicted octanol–water partition coefficient (Wildman–Crippen LogP) is 4.29. The van der Waals surface area contributed by atoms with Crippen molar-refractivity contribution in [2.75, 3.05) is 0 Å². The number of thioether (sulfide) groups is 1. The van der Waals surface area contributed by atoms with Gasteiger partial charge in [-0.15, -0.1) is 0 Å². The van der Waals surface area contributed by atoms with Gasteiger partial charge in [-0.25, -0.2) is 0 Å². The summed E-state index contributed by atoms with van der Waals surface area (Å²) in [5.74, 6) is 0. The summed E-state index contributed by atoms with van der Waals surface area (Å²) in [6.45, 7) is 0. The maximum absolute atomic E-state index is 12.0. The van der Waals surface area contributed by atoms with Gasteiger partial charge < -0.3 is 0 Å². The number of carbonyl (C=O) groups excluding carboxylic acids is 1. The summed E-state index contributed by atoms with van der Waals surface area (Å²) in [6.07, 6.45) is 0. The van der Waals surface area contributed by atoms with Crippen molar-refractivity contribution < 1.29 is 9.72 Å². The lowest BCUT2D eigenvalue weighted by atomic mass is 10.2. The van der Waals surface area contributed by atoms with Gasteiger partial charge in [-0.2, -0.15) is 0 Å². The Labute approximate surface area is 122 Å². The summed E-state index contributed by atoms with van der Waals surface area (Å²) < 4.78 is 0.944. The molecule has 0 bridgehead atoms. The molecule has 2 rings (SSSR count). The molecule has 4 nitrogen and oxygen atoms in total. The van der Waals surface area contributed by atoms with Crippen LogP contribution < -0.4 is 0 Å². The second kappa shape index (κ2) is 5.99. The molecule has 6 heteroatoms. The molecule has 96 valence electrons. The molecule has 0 saturated heterocycles. The minimum atomic E-state index is -0.490. The number of nitrogens with zero attached hydrogens (tertiary/aromatic N) is 1. The smallest absolute Gasteiger partial charge is 0.269 e. The van der Waals surface area contributed by atoms with Crippen LogP contribution in [0, 0.1) is 10.1 Å². The first-order valence-corrected chi connectivity index (χ1v) is 6.89. The van der Waals surface area contributed by atoms with E-state index in [1.54, 1.807) is 0 Å². The number of nitro groups is 1. The Hall–Kier alpha value is -1.66. The van der Waals surface area contributed by atoms with Crippen molar-refractivity contribution in [3.63, 3.8) is 0 Å². The zero-order chi connectivity index (χ0) is 13.8. The molecule has 0 aromatic heterocycles. The first kappa shape index (κ1) is 13.8. The van der Waals surface area contributed by atoms with Crippen molar-refractivity contribution in [3.05, 3.63) is 68.7 Å². The summed E-state index contributed by atoms with van der Waals surface area (Å²) in [4.78, 5) is 22.8. The largest absolute Gasteiger partial charge is 0.281 e. The molecule has 0 N–H and O–H groups in total. The van der Waals surface area contributed by atoms with Crippen molar-refractivity contribution in [3.8, 4) is 0 Å². The minimum Gasteiger partial charge on any atom is -0.281 e. The lowest BCUT2D eigenvalue weighted by Crippen LogP contribution is -1.94. The van der Waals surface area contributed by atoms with Crippen LogP contribution in [-0.2, 0) is 0 Å². The molecule has 0 spiro atoms. The highest BCUT2D eigenvalue weighted by molar-refractivity contribution is 9.10. The third kappa shape index (κ3) is 3.65. The average molecular weight is 338 g/mol. The Bertz CT molecular complexity index is 611. The third-order valence-electron chi connectivity index (χ3n) is 2.34. The Kier molecular flexibility index (Phi) is 4.34. The van der Waals surface area contributed by atoms with Gasteiger partial charge in [-0.1, -0.05) is 15.9 Å². The fraction of sp³-hybridized carbons (Fsp3) is 0. The van der Waals surface area contributed by atoms with Gasteiger partial charge in [0.2, 0.25) is 5.12 Å². The van der Waals surface area contributed by atoms with Crippen LogP contribution in [0.25, 0.3) is 0 Å². The summed E-state index contributed by atoms with van der Waals surface area (Å²) in [5.41, 5.74) is 0.420. The number of hydrogen-bond donors (Lipinski definition) is 0. The predicted molar refractivity (Wildman–Crippen MR) is 77.4 cm³/mol. The zero-order valence-electron chi connectivity index (χ0n) is 9.58. The lowest BCUT2D eigenvalue weighted by Gasteiger charge is -2.01. The molecule has 2 aromatic carbocycles. The van der Waals surface area contributed by atoms with Gasteiger partial charge in [0.1, 0.15) is 0 Å². The molecule has 0 atom stereocenters. The fourth-order valence-corrected chi connectivity index (χ4v) is 2.39. The lowest BCUT2D eigenvalue weighted by molar-refractivity contribution is -0.384. The van der Waals surface area contributed by atoms with E-state index in [0.29, 0.717) is 5.56 Å². The summed E-state index contributed by atoms with van der Waals surface area (Å²) in [7, 11) is 0. The number of non-ortho nitro benzene ring substituents is 1. The van der Waals surface area contributed by atoms with Crippen LogP contribution in [0.1, 0.15) is 10.4 Å². The number of halogens is 1. The molecule has 0 aliphatic carbocycles.